The van der Waals surface area contributed by atoms with E-state index in [0.717, 1.165) is 12.3 Å². The zero-order valence-electron chi connectivity index (χ0n) is 10.7. The molecule has 0 N–H and O–H groups in total. The summed E-state index contributed by atoms with van der Waals surface area (Å²) in [7, 11) is 0. The number of hydrogen-bond donors (Lipinski definition) is 0. The van der Waals surface area contributed by atoms with Crippen LogP contribution in [0.1, 0.15) is 27.2 Å². The summed E-state index contributed by atoms with van der Waals surface area (Å²) in [6.07, 6.45) is 12.5. The Bertz CT molecular complexity index is 434. The average Bonchev–Trinajstić information content (AvgIpc) is 2.62. The monoisotopic (exact) mass is 229 g/mol. The molecule has 0 amide bonds. The number of rotatable bonds is 2. The molecule has 2 atom stereocenters. The molecule has 1 aliphatic heterocycles. The highest BCUT2D eigenvalue weighted by molar-refractivity contribution is 5.96. The summed E-state index contributed by atoms with van der Waals surface area (Å²) in [6, 6.07) is 0. The van der Waals surface area contributed by atoms with Crippen molar-refractivity contribution < 1.29 is 4.74 Å². The van der Waals surface area contributed by atoms with Crippen LogP contribution in [0.4, 0.5) is 0 Å². The second-order valence-electron chi connectivity index (χ2n) is 5.39. The van der Waals surface area contributed by atoms with E-state index in [1.807, 2.05) is 0 Å². The first-order chi connectivity index (χ1) is 8.03. The molecule has 0 aromatic rings. The lowest BCUT2D eigenvalue weighted by molar-refractivity contribution is 0.276. The van der Waals surface area contributed by atoms with E-state index < -0.39 is 0 Å². The maximum absolute atomic E-state index is 5.70. The van der Waals surface area contributed by atoms with E-state index in [1.54, 1.807) is 0 Å². The number of allylic oxidation sites excluding steroid dienone is 3. The molecule has 0 saturated heterocycles. The highest BCUT2D eigenvalue weighted by atomic mass is 16.5. The Hall–Kier alpha value is -1.49. The maximum atomic E-state index is 5.70. The SMILES string of the molecule is C#CC[C@H]1C=CC=C(C2=NC(C)(C)CO2)[C@@H]1C. The molecule has 17 heavy (non-hydrogen) atoms. The summed E-state index contributed by atoms with van der Waals surface area (Å²) in [6.45, 7) is 7.02. The van der Waals surface area contributed by atoms with Crippen LogP contribution < -0.4 is 0 Å². The molecule has 2 nitrogen and oxygen atoms in total. The fourth-order valence-corrected chi connectivity index (χ4v) is 2.23. The minimum atomic E-state index is -0.0985. The first-order valence-corrected chi connectivity index (χ1v) is 6.08. The second kappa shape index (κ2) is 4.41. The fourth-order valence-electron chi connectivity index (χ4n) is 2.23. The van der Waals surface area contributed by atoms with Gasteiger partial charge in [0.15, 0.2) is 0 Å². The van der Waals surface area contributed by atoms with Gasteiger partial charge in [-0.15, -0.1) is 12.3 Å². The van der Waals surface area contributed by atoms with E-state index in [9.17, 15) is 0 Å². The van der Waals surface area contributed by atoms with Gasteiger partial charge in [-0.1, -0.05) is 25.2 Å². The van der Waals surface area contributed by atoms with Gasteiger partial charge in [-0.25, -0.2) is 4.99 Å². The molecule has 0 radical (unpaired) electrons. The number of aliphatic imine (C=N–C) groups is 1. The van der Waals surface area contributed by atoms with Crippen molar-refractivity contribution in [3.63, 3.8) is 0 Å². The molecule has 90 valence electrons. The molecule has 2 rings (SSSR count). The van der Waals surface area contributed by atoms with Crippen LogP contribution in [0, 0.1) is 24.2 Å². The van der Waals surface area contributed by atoms with Gasteiger partial charge in [-0.2, -0.15) is 0 Å². The highest BCUT2D eigenvalue weighted by Gasteiger charge is 2.32. The van der Waals surface area contributed by atoms with Gasteiger partial charge >= 0.3 is 0 Å². The van der Waals surface area contributed by atoms with Crippen LogP contribution in [0.15, 0.2) is 28.8 Å². The Morgan fingerprint density at radius 3 is 2.94 bits per heavy atom. The van der Waals surface area contributed by atoms with Crippen LogP contribution in [0.3, 0.4) is 0 Å². The average molecular weight is 229 g/mol. The first kappa shape index (κ1) is 12.0. The Morgan fingerprint density at radius 2 is 2.35 bits per heavy atom. The third kappa shape index (κ3) is 2.44. The predicted octanol–water partition coefficient (Wildman–Crippen LogP) is 2.97. The number of nitrogens with zero attached hydrogens (tertiary/aromatic N) is 1. The Kier molecular flexibility index (Phi) is 3.11. The summed E-state index contributed by atoms with van der Waals surface area (Å²) in [5.74, 6) is 4.31. The predicted molar refractivity (Wildman–Crippen MR) is 70.8 cm³/mol. The van der Waals surface area contributed by atoms with Crippen molar-refractivity contribution in [3.8, 4) is 12.3 Å². The summed E-state index contributed by atoms with van der Waals surface area (Å²) in [5.41, 5.74) is 1.08. The Morgan fingerprint density at radius 1 is 1.59 bits per heavy atom. The molecule has 1 aliphatic carbocycles. The molecule has 0 bridgehead atoms. The van der Waals surface area contributed by atoms with Crippen molar-refractivity contribution in [2.75, 3.05) is 6.61 Å². The van der Waals surface area contributed by atoms with E-state index in [4.69, 9.17) is 11.2 Å². The van der Waals surface area contributed by atoms with Crippen molar-refractivity contribution in [3.05, 3.63) is 23.8 Å². The molecule has 2 aliphatic rings. The lowest BCUT2D eigenvalue weighted by Gasteiger charge is -2.24. The lowest BCUT2D eigenvalue weighted by Crippen LogP contribution is -2.20. The van der Waals surface area contributed by atoms with Crippen LogP contribution in [0.5, 0.6) is 0 Å². The number of terminal acetylenes is 1. The van der Waals surface area contributed by atoms with Gasteiger partial charge < -0.3 is 4.74 Å². The van der Waals surface area contributed by atoms with Crippen LogP contribution in [-0.4, -0.2) is 18.0 Å². The van der Waals surface area contributed by atoms with Gasteiger partial charge in [-0.05, 0) is 25.7 Å². The third-order valence-electron chi connectivity index (χ3n) is 3.33. The minimum Gasteiger partial charge on any atom is -0.475 e. The van der Waals surface area contributed by atoms with Gasteiger partial charge in [0.2, 0.25) is 5.90 Å². The lowest BCUT2D eigenvalue weighted by atomic mass is 9.81. The summed E-state index contributed by atoms with van der Waals surface area (Å²) in [4.78, 5) is 4.63. The largest absolute Gasteiger partial charge is 0.475 e. The molecular weight excluding hydrogens is 210 g/mol. The second-order valence-corrected chi connectivity index (χ2v) is 5.39. The molecular formula is C15H19NO. The summed E-state index contributed by atoms with van der Waals surface area (Å²) in [5, 5.41) is 0. The molecule has 0 saturated carbocycles. The van der Waals surface area contributed by atoms with Crippen molar-refractivity contribution in [1.82, 2.24) is 0 Å². The first-order valence-electron chi connectivity index (χ1n) is 6.08. The molecule has 0 aromatic heterocycles. The molecule has 0 fully saturated rings. The highest BCUT2D eigenvalue weighted by Crippen LogP contribution is 2.32. The standard InChI is InChI=1S/C15H19NO/c1-5-7-12-8-6-9-13(11(12)2)14-16-15(3,4)10-17-14/h1,6,8-9,11-12H,7,10H2,2-4H3/t11-,12+/m1/s1. The zero-order valence-corrected chi connectivity index (χ0v) is 10.7. The van der Waals surface area contributed by atoms with E-state index in [-0.39, 0.29) is 5.54 Å². The van der Waals surface area contributed by atoms with Gasteiger partial charge in [-0.3, -0.25) is 0 Å². The fraction of sp³-hybridized carbons (Fsp3) is 0.533. The molecule has 0 unspecified atom stereocenters. The smallest absolute Gasteiger partial charge is 0.212 e. The molecule has 0 spiro atoms. The quantitative estimate of drug-likeness (QED) is 0.667. The minimum absolute atomic E-state index is 0.0985. The van der Waals surface area contributed by atoms with Crippen molar-refractivity contribution in [2.24, 2.45) is 16.8 Å². The van der Waals surface area contributed by atoms with Crippen LogP contribution >= 0.6 is 0 Å². The van der Waals surface area contributed by atoms with Crippen LogP contribution in [0.25, 0.3) is 0 Å². The van der Waals surface area contributed by atoms with E-state index in [1.165, 1.54) is 5.57 Å². The third-order valence-corrected chi connectivity index (χ3v) is 3.33. The number of ether oxygens (including phenoxy) is 1. The van der Waals surface area contributed by atoms with E-state index in [0.29, 0.717) is 18.4 Å². The Balaban J connectivity index is 2.20. The molecule has 1 heterocycles. The maximum Gasteiger partial charge on any atom is 0.212 e. The van der Waals surface area contributed by atoms with Gasteiger partial charge in [0.05, 0.1) is 5.54 Å². The van der Waals surface area contributed by atoms with Gasteiger partial charge in [0.25, 0.3) is 0 Å². The summed E-state index contributed by atoms with van der Waals surface area (Å²) < 4.78 is 5.70. The van der Waals surface area contributed by atoms with Crippen molar-refractivity contribution >= 4 is 5.90 Å². The topological polar surface area (TPSA) is 21.6 Å². The molecule has 2 heteroatoms. The van der Waals surface area contributed by atoms with Crippen LogP contribution in [0.2, 0.25) is 0 Å². The summed E-state index contributed by atoms with van der Waals surface area (Å²) >= 11 is 0. The van der Waals surface area contributed by atoms with Crippen LogP contribution in [-0.2, 0) is 4.74 Å². The van der Waals surface area contributed by atoms with Gasteiger partial charge in [0, 0.05) is 12.0 Å². The normalized spacial score (nSPS) is 30.2. The Labute approximate surface area is 103 Å². The zero-order chi connectivity index (χ0) is 12.5. The van der Waals surface area contributed by atoms with Crippen molar-refractivity contribution in [1.29, 1.82) is 0 Å². The number of hydrogen-bond acceptors (Lipinski definition) is 2. The van der Waals surface area contributed by atoms with E-state index >= 15 is 0 Å². The van der Waals surface area contributed by atoms with Gasteiger partial charge in [0.1, 0.15) is 6.61 Å². The van der Waals surface area contributed by atoms with Crippen molar-refractivity contribution in [2.45, 2.75) is 32.7 Å². The molecule has 0 aromatic carbocycles. The van der Waals surface area contributed by atoms with E-state index in [2.05, 4.69) is 49.9 Å².